The van der Waals surface area contributed by atoms with Crippen molar-refractivity contribution in [1.29, 1.82) is 0 Å². The van der Waals surface area contributed by atoms with Gasteiger partial charge in [-0.3, -0.25) is 4.79 Å². The van der Waals surface area contributed by atoms with Gasteiger partial charge >= 0.3 is 11.8 Å². The molecule has 1 atom stereocenters. The molecule has 0 radical (unpaired) electrons. The fourth-order valence-electron chi connectivity index (χ4n) is 2.32. The highest BCUT2D eigenvalue weighted by Gasteiger charge is 2.25. The highest BCUT2D eigenvalue weighted by Crippen LogP contribution is 2.35. The monoisotopic (exact) mass is 271 g/mol. The van der Waals surface area contributed by atoms with E-state index in [1.165, 1.54) is 6.20 Å². The summed E-state index contributed by atoms with van der Waals surface area (Å²) in [6, 6.07) is 8.78. The maximum atomic E-state index is 11.7. The van der Waals surface area contributed by atoms with Crippen LogP contribution in [0.5, 0.6) is 11.6 Å². The molecule has 1 aliphatic rings. The van der Waals surface area contributed by atoms with E-state index in [0.717, 1.165) is 16.7 Å². The summed E-state index contributed by atoms with van der Waals surface area (Å²) in [5.74, 6) is -0.532. The zero-order valence-corrected chi connectivity index (χ0v) is 10.9. The fourth-order valence-corrected chi connectivity index (χ4v) is 2.32. The van der Waals surface area contributed by atoms with Crippen LogP contribution in [0.2, 0.25) is 0 Å². The van der Waals surface area contributed by atoms with Crippen molar-refractivity contribution in [2.24, 2.45) is 0 Å². The zero-order chi connectivity index (χ0) is 14.3. The van der Waals surface area contributed by atoms with Crippen LogP contribution >= 0.6 is 0 Å². The maximum Gasteiger partial charge on any atom is 0.388 e. The predicted molar refractivity (Wildman–Crippen MR) is 70.8 cm³/mol. The Kier molecular flexibility index (Phi) is 2.82. The van der Waals surface area contributed by atoms with Crippen LogP contribution in [-0.2, 0) is 11.2 Å². The van der Waals surface area contributed by atoms with Crippen LogP contribution in [0.1, 0.15) is 29.5 Å². The van der Waals surface area contributed by atoms with Crippen molar-refractivity contribution in [3.05, 3.63) is 58.4 Å². The summed E-state index contributed by atoms with van der Waals surface area (Å²) in [5.41, 5.74) is 2.43. The Labute approximate surface area is 115 Å². The van der Waals surface area contributed by atoms with Gasteiger partial charge in [0.25, 0.3) is 0 Å². The Balaban J connectivity index is 2.00. The van der Waals surface area contributed by atoms with E-state index in [-0.39, 0.29) is 0 Å². The molecule has 0 spiro atoms. The third-order valence-corrected chi connectivity index (χ3v) is 3.54. The lowest BCUT2D eigenvalue weighted by Gasteiger charge is -2.19. The number of rotatable bonds is 2. The van der Waals surface area contributed by atoms with Crippen molar-refractivity contribution in [3.8, 4) is 11.6 Å². The molecule has 5 nitrogen and oxygen atoms in total. The number of carboxylic acid groups (broad SMARTS) is 1. The van der Waals surface area contributed by atoms with Crippen LogP contribution in [0.15, 0.2) is 36.5 Å². The SMILES string of the molecule is CC(C(=O)O)c1ccc2c(c1)Cc1ccc[n+]([O-])c1O2. The second-order valence-electron chi connectivity index (χ2n) is 4.87. The molecule has 0 fully saturated rings. The van der Waals surface area contributed by atoms with E-state index in [1.807, 2.05) is 12.1 Å². The molecule has 0 saturated carbocycles. The number of pyridine rings is 1. The first-order valence-electron chi connectivity index (χ1n) is 6.31. The van der Waals surface area contributed by atoms with E-state index < -0.39 is 11.9 Å². The summed E-state index contributed by atoms with van der Waals surface area (Å²) in [6.45, 7) is 1.65. The maximum absolute atomic E-state index is 11.7. The van der Waals surface area contributed by atoms with E-state index in [9.17, 15) is 10.0 Å². The van der Waals surface area contributed by atoms with Gasteiger partial charge < -0.3 is 15.1 Å². The fraction of sp³-hybridized carbons (Fsp3) is 0.200. The molecule has 0 aliphatic carbocycles. The summed E-state index contributed by atoms with van der Waals surface area (Å²) in [7, 11) is 0. The second-order valence-corrected chi connectivity index (χ2v) is 4.87. The molecule has 1 unspecified atom stereocenters. The van der Waals surface area contributed by atoms with Gasteiger partial charge in [0.1, 0.15) is 5.75 Å². The molecule has 102 valence electrons. The number of nitrogens with zero attached hydrogens (tertiary/aromatic N) is 1. The van der Waals surface area contributed by atoms with Gasteiger partial charge in [-0.05, 0) is 24.6 Å². The third-order valence-electron chi connectivity index (χ3n) is 3.54. The number of carbonyl (C=O) groups is 1. The van der Waals surface area contributed by atoms with Crippen molar-refractivity contribution >= 4 is 5.97 Å². The minimum absolute atomic E-state index is 0.291. The quantitative estimate of drug-likeness (QED) is 0.573. The lowest BCUT2D eigenvalue weighted by Crippen LogP contribution is -2.30. The van der Waals surface area contributed by atoms with Gasteiger partial charge in [-0.15, -0.1) is 4.73 Å². The lowest BCUT2D eigenvalue weighted by atomic mass is 9.95. The van der Waals surface area contributed by atoms with Crippen LogP contribution in [0.3, 0.4) is 0 Å². The number of benzene rings is 1. The van der Waals surface area contributed by atoms with Crippen molar-refractivity contribution in [2.75, 3.05) is 0 Å². The van der Waals surface area contributed by atoms with Gasteiger partial charge in [0, 0.05) is 18.1 Å². The molecule has 0 amide bonds. The number of ether oxygens (including phenoxy) is 1. The van der Waals surface area contributed by atoms with Crippen LogP contribution in [-0.4, -0.2) is 11.1 Å². The molecule has 1 N–H and O–H groups in total. The molecule has 1 aromatic heterocycles. The van der Waals surface area contributed by atoms with Crippen LogP contribution in [0.25, 0.3) is 0 Å². The summed E-state index contributed by atoms with van der Waals surface area (Å²) < 4.78 is 6.31. The predicted octanol–water partition coefficient (Wildman–Crippen LogP) is 2.20. The summed E-state index contributed by atoms with van der Waals surface area (Å²) >= 11 is 0. The zero-order valence-electron chi connectivity index (χ0n) is 10.9. The summed E-state index contributed by atoms with van der Waals surface area (Å²) in [4.78, 5) is 11.0. The molecule has 2 heterocycles. The molecule has 5 heteroatoms. The highest BCUT2D eigenvalue weighted by molar-refractivity contribution is 5.75. The Morgan fingerprint density at radius 3 is 2.95 bits per heavy atom. The van der Waals surface area contributed by atoms with Gasteiger partial charge in [-0.25, -0.2) is 0 Å². The number of carboxylic acids is 1. The summed E-state index contributed by atoms with van der Waals surface area (Å²) in [6.07, 6.45) is 1.96. The Bertz CT molecular complexity index is 696. The highest BCUT2D eigenvalue weighted by atomic mass is 16.6. The topological polar surface area (TPSA) is 73.5 Å². The van der Waals surface area contributed by atoms with Crippen molar-refractivity contribution in [1.82, 2.24) is 0 Å². The number of aromatic nitrogens is 1. The number of aliphatic carboxylic acids is 1. The Hall–Kier alpha value is -2.56. The molecular formula is C15H13NO4. The van der Waals surface area contributed by atoms with Gasteiger partial charge in [-0.2, -0.15) is 0 Å². The molecular weight excluding hydrogens is 258 g/mol. The van der Waals surface area contributed by atoms with E-state index in [4.69, 9.17) is 9.84 Å². The number of hydrogen-bond donors (Lipinski definition) is 1. The van der Waals surface area contributed by atoms with Gasteiger partial charge in [0.05, 0.1) is 11.5 Å². The van der Waals surface area contributed by atoms with E-state index in [1.54, 1.807) is 25.1 Å². The average molecular weight is 271 g/mol. The van der Waals surface area contributed by atoms with Crippen molar-refractivity contribution < 1.29 is 19.4 Å². The first-order chi connectivity index (χ1) is 9.56. The Morgan fingerprint density at radius 1 is 1.40 bits per heavy atom. The number of fused-ring (bicyclic) bond motifs is 2. The van der Waals surface area contributed by atoms with Gasteiger partial charge in [0.2, 0.25) is 0 Å². The van der Waals surface area contributed by atoms with E-state index in [0.29, 0.717) is 22.8 Å². The molecule has 1 aliphatic heterocycles. The van der Waals surface area contributed by atoms with Crippen LogP contribution < -0.4 is 9.47 Å². The summed E-state index contributed by atoms with van der Waals surface area (Å²) in [5, 5.41) is 20.7. The van der Waals surface area contributed by atoms with Gasteiger partial charge in [0.15, 0.2) is 6.20 Å². The minimum Gasteiger partial charge on any atom is -0.616 e. The molecule has 0 saturated heterocycles. The van der Waals surface area contributed by atoms with Gasteiger partial charge in [-0.1, -0.05) is 12.1 Å². The molecule has 20 heavy (non-hydrogen) atoms. The number of hydrogen-bond acceptors (Lipinski definition) is 3. The van der Waals surface area contributed by atoms with E-state index in [2.05, 4.69) is 0 Å². The third kappa shape index (κ3) is 1.97. The largest absolute Gasteiger partial charge is 0.616 e. The first-order valence-corrected chi connectivity index (χ1v) is 6.31. The molecule has 2 aromatic rings. The van der Waals surface area contributed by atoms with Crippen LogP contribution in [0.4, 0.5) is 0 Å². The van der Waals surface area contributed by atoms with Crippen molar-refractivity contribution in [3.63, 3.8) is 0 Å². The molecule has 3 rings (SSSR count). The molecule has 0 bridgehead atoms. The minimum atomic E-state index is -0.862. The first kappa shape index (κ1) is 12.5. The average Bonchev–Trinajstić information content (AvgIpc) is 2.44. The smallest absolute Gasteiger partial charge is 0.388 e. The molecule has 1 aromatic carbocycles. The van der Waals surface area contributed by atoms with Crippen LogP contribution in [0, 0.1) is 5.21 Å². The standard InChI is InChI=1S/C15H13NO4/c1-9(15(17)18)10-4-5-13-12(7-10)8-11-3-2-6-16(19)14(11)20-13/h2-7,9H,8H2,1H3,(H,17,18). The van der Waals surface area contributed by atoms with E-state index >= 15 is 0 Å². The normalized spacial score (nSPS) is 13.8. The Morgan fingerprint density at radius 2 is 2.20 bits per heavy atom. The van der Waals surface area contributed by atoms with Crippen molar-refractivity contribution in [2.45, 2.75) is 19.3 Å². The second kappa shape index (κ2) is 4.52. The lowest BCUT2D eigenvalue weighted by molar-refractivity contribution is -0.611.